The summed E-state index contributed by atoms with van der Waals surface area (Å²) in [7, 11) is 1.57. The molecule has 3 fully saturated rings. The molecule has 1 aliphatic carbocycles. The lowest BCUT2D eigenvalue weighted by atomic mass is 9.85. The predicted molar refractivity (Wildman–Crippen MR) is 126 cm³/mol. The number of methoxy groups -OCH3 is 1. The Bertz CT molecular complexity index is 1080. The molecule has 33 heavy (non-hydrogen) atoms. The Kier molecular flexibility index (Phi) is 5.78. The van der Waals surface area contributed by atoms with Crippen LogP contribution < -0.4 is 10.1 Å². The molecule has 2 atom stereocenters. The van der Waals surface area contributed by atoms with Crippen LogP contribution in [0.25, 0.3) is 11.1 Å². The zero-order valence-corrected chi connectivity index (χ0v) is 20.0. The molecular weight excluding hydrogens is 443 g/mol. The van der Waals surface area contributed by atoms with E-state index in [1.807, 2.05) is 6.07 Å². The highest BCUT2D eigenvalue weighted by molar-refractivity contribution is 6.33. The summed E-state index contributed by atoms with van der Waals surface area (Å²) in [4.78, 5) is 15.2. The quantitative estimate of drug-likeness (QED) is 0.629. The Labute approximate surface area is 199 Å². The van der Waals surface area contributed by atoms with Gasteiger partial charge in [0.2, 0.25) is 0 Å². The summed E-state index contributed by atoms with van der Waals surface area (Å²) in [5, 5.41) is 3.49. The highest BCUT2D eigenvalue weighted by Gasteiger charge is 2.42. The fourth-order valence-electron chi connectivity index (χ4n) is 5.72. The second-order valence-electron chi connectivity index (χ2n) is 10.2. The smallest absolute Gasteiger partial charge is 0.407 e. The number of piperidine rings is 3. The van der Waals surface area contributed by atoms with E-state index in [1.165, 1.54) is 0 Å². The number of benzene rings is 2. The monoisotopic (exact) mass is 472 g/mol. The highest BCUT2D eigenvalue weighted by atomic mass is 35.5. The van der Waals surface area contributed by atoms with Gasteiger partial charge in [-0.3, -0.25) is 4.90 Å². The lowest BCUT2D eigenvalue weighted by Gasteiger charge is -2.44. The molecule has 2 aromatic rings. The Hall–Kier alpha value is -2.31. The van der Waals surface area contributed by atoms with Gasteiger partial charge >= 0.3 is 6.09 Å². The van der Waals surface area contributed by atoms with Crippen molar-refractivity contribution in [1.82, 2.24) is 10.2 Å². The molecule has 0 aromatic heterocycles. The molecule has 6 rings (SSSR count). The zero-order chi connectivity index (χ0) is 23.3. The second-order valence-corrected chi connectivity index (χ2v) is 10.6. The standard InChI is InChI=1S/C26H30ClFN2O3/c1-26(2)13-16-10-20(18-5-4-17(32-3)11-21(18)27)22(28)12-19(16)24(26)29-25(31)33-23-14-30-8-6-15(23)7-9-30/h4-5,10-12,15,23-24H,6-9,13-14H2,1-3H3,(H,29,31)/t23-,24?/m0/s1. The number of rotatable bonds is 4. The van der Waals surface area contributed by atoms with Crippen LogP contribution in [0.3, 0.4) is 0 Å². The zero-order valence-electron chi connectivity index (χ0n) is 19.3. The SMILES string of the molecule is COc1ccc(-c2cc3c(cc2F)C(NC(=O)O[C@H]2CN4CCC2CC4)C(C)(C)C3)c(Cl)c1. The molecule has 1 unspecified atom stereocenters. The first kappa shape index (κ1) is 22.5. The van der Waals surface area contributed by atoms with E-state index in [4.69, 9.17) is 21.1 Å². The Morgan fingerprint density at radius 1 is 1.18 bits per heavy atom. The Morgan fingerprint density at radius 3 is 2.58 bits per heavy atom. The molecule has 3 saturated heterocycles. The van der Waals surface area contributed by atoms with Crippen LogP contribution in [0.15, 0.2) is 30.3 Å². The van der Waals surface area contributed by atoms with Gasteiger partial charge in [-0.2, -0.15) is 0 Å². The molecular formula is C26H30ClFN2O3. The van der Waals surface area contributed by atoms with Gasteiger partial charge in [0.05, 0.1) is 18.2 Å². The van der Waals surface area contributed by atoms with E-state index in [0.29, 0.717) is 34.2 Å². The van der Waals surface area contributed by atoms with Crippen LogP contribution >= 0.6 is 11.6 Å². The highest BCUT2D eigenvalue weighted by Crippen LogP contribution is 2.47. The number of hydrogen-bond donors (Lipinski definition) is 1. The van der Waals surface area contributed by atoms with Crippen molar-refractivity contribution in [3.8, 4) is 16.9 Å². The molecule has 1 N–H and O–H groups in total. The third-order valence-electron chi connectivity index (χ3n) is 7.55. The van der Waals surface area contributed by atoms with E-state index in [9.17, 15) is 4.79 Å². The third kappa shape index (κ3) is 4.19. The maximum atomic E-state index is 15.3. The normalized spacial score (nSPS) is 27.2. The molecule has 0 radical (unpaired) electrons. The van der Waals surface area contributed by atoms with Gasteiger partial charge in [-0.15, -0.1) is 0 Å². The molecule has 0 saturated carbocycles. The van der Waals surface area contributed by atoms with Crippen LogP contribution in [0.4, 0.5) is 9.18 Å². The number of carbonyl (C=O) groups is 1. The van der Waals surface area contributed by atoms with Crippen LogP contribution in [0.2, 0.25) is 5.02 Å². The van der Waals surface area contributed by atoms with Gasteiger partial charge < -0.3 is 14.8 Å². The molecule has 0 spiro atoms. The first-order chi connectivity index (χ1) is 15.7. The summed E-state index contributed by atoms with van der Waals surface area (Å²) in [6.45, 7) is 7.17. The molecule has 7 heteroatoms. The van der Waals surface area contributed by atoms with Crippen molar-refractivity contribution in [1.29, 1.82) is 0 Å². The fourth-order valence-corrected chi connectivity index (χ4v) is 6.00. The van der Waals surface area contributed by atoms with Crippen molar-refractivity contribution in [2.45, 2.75) is 45.3 Å². The predicted octanol–water partition coefficient (Wildman–Crippen LogP) is 5.60. The summed E-state index contributed by atoms with van der Waals surface area (Å²) < 4.78 is 26.3. The van der Waals surface area contributed by atoms with E-state index in [0.717, 1.165) is 43.6 Å². The van der Waals surface area contributed by atoms with E-state index in [1.54, 1.807) is 31.4 Å². The summed E-state index contributed by atoms with van der Waals surface area (Å²) in [5.74, 6) is 0.701. The lowest BCUT2D eigenvalue weighted by molar-refractivity contribution is -0.0349. The Morgan fingerprint density at radius 2 is 1.94 bits per heavy atom. The number of nitrogens with zero attached hydrogens (tertiary/aromatic N) is 1. The summed E-state index contributed by atoms with van der Waals surface area (Å²) >= 11 is 6.41. The van der Waals surface area contributed by atoms with Crippen LogP contribution in [-0.2, 0) is 11.2 Å². The molecule has 4 aliphatic rings. The van der Waals surface area contributed by atoms with Gasteiger partial charge in [0.25, 0.3) is 0 Å². The van der Waals surface area contributed by atoms with Crippen LogP contribution in [0.5, 0.6) is 5.75 Å². The molecule has 176 valence electrons. The van der Waals surface area contributed by atoms with Crippen molar-refractivity contribution in [2.24, 2.45) is 11.3 Å². The molecule has 2 aromatic carbocycles. The third-order valence-corrected chi connectivity index (χ3v) is 7.86. The molecule has 3 heterocycles. The van der Waals surface area contributed by atoms with Crippen LogP contribution in [0, 0.1) is 17.2 Å². The van der Waals surface area contributed by atoms with Crippen molar-refractivity contribution in [3.63, 3.8) is 0 Å². The summed E-state index contributed by atoms with van der Waals surface area (Å²) in [5.41, 5.74) is 2.61. The fraction of sp³-hybridized carbons (Fsp3) is 0.500. The maximum absolute atomic E-state index is 15.3. The first-order valence-electron chi connectivity index (χ1n) is 11.6. The van der Waals surface area contributed by atoms with Gasteiger partial charge in [-0.05, 0) is 85.1 Å². The number of amides is 1. The minimum atomic E-state index is -0.414. The molecule has 5 nitrogen and oxygen atoms in total. The van der Waals surface area contributed by atoms with E-state index >= 15 is 4.39 Å². The van der Waals surface area contributed by atoms with Crippen molar-refractivity contribution < 1.29 is 18.7 Å². The van der Waals surface area contributed by atoms with Gasteiger partial charge in [-0.1, -0.05) is 25.4 Å². The summed E-state index contributed by atoms with van der Waals surface area (Å²) in [6.07, 6.45) is 2.40. The van der Waals surface area contributed by atoms with E-state index < -0.39 is 6.09 Å². The average molecular weight is 473 g/mol. The average Bonchev–Trinajstić information content (AvgIpc) is 3.03. The van der Waals surface area contributed by atoms with Crippen molar-refractivity contribution in [3.05, 3.63) is 52.3 Å². The maximum Gasteiger partial charge on any atom is 0.407 e. The van der Waals surface area contributed by atoms with Gasteiger partial charge in [0.1, 0.15) is 17.7 Å². The largest absolute Gasteiger partial charge is 0.497 e. The van der Waals surface area contributed by atoms with Crippen molar-refractivity contribution in [2.75, 3.05) is 26.7 Å². The van der Waals surface area contributed by atoms with Gasteiger partial charge in [0, 0.05) is 17.7 Å². The first-order valence-corrected chi connectivity index (χ1v) is 12.0. The van der Waals surface area contributed by atoms with Gasteiger partial charge in [0.15, 0.2) is 0 Å². The van der Waals surface area contributed by atoms with Gasteiger partial charge in [-0.25, -0.2) is 9.18 Å². The number of ether oxygens (including phenoxy) is 2. The number of carbonyl (C=O) groups excluding carboxylic acids is 1. The van der Waals surface area contributed by atoms with E-state index in [2.05, 4.69) is 24.1 Å². The topological polar surface area (TPSA) is 50.8 Å². The van der Waals surface area contributed by atoms with Crippen molar-refractivity contribution >= 4 is 17.7 Å². The number of fused-ring (bicyclic) bond motifs is 4. The summed E-state index contributed by atoms with van der Waals surface area (Å²) in [6, 6.07) is 8.30. The number of alkyl carbamates (subject to hydrolysis) is 1. The number of nitrogens with one attached hydrogen (secondary N) is 1. The van der Waals surface area contributed by atoms with Crippen LogP contribution in [-0.4, -0.2) is 43.8 Å². The Balaban J connectivity index is 1.38. The minimum absolute atomic E-state index is 0.0622. The van der Waals surface area contributed by atoms with E-state index in [-0.39, 0.29) is 23.4 Å². The second kappa shape index (κ2) is 8.48. The molecule has 1 amide bonds. The number of halogens is 2. The molecule has 3 aliphatic heterocycles. The van der Waals surface area contributed by atoms with Crippen LogP contribution in [0.1, 0.15) is 43.9 Å². The minimum Gasteiger partial charge on any atom is -0.497 e. The lowest BCUT2D eigenvalue weighted by Crippen LogP contribution is -2.53. The molecule has 2 bridgehead atoms. The number of hydrogen-bond acceptors (Lipinski definition) is 4.